The predicted octanol–water partition coefficient (Wildman–Crippen LogP) is 2.74. The lowest BCUT2D eigenvalue weighted by Gasteiger charge is -2.15. The molecule has 0 aliphatic heterocycles. The number of aromatic hydroxyl groups is 1. The third-order valence-electron chi connectivity index (χ3n) is 1.66. The first-order valence-electron chi connectivity index (χ1n) is 4.32. The van der Waals surface area contributed by atoms with Gasteiger partial charge in [-0.1, -0.05) is 18.3 Å². The number of phenols is 1. The summed E-state index contributed by atoms with van der Waals surface area (Å²) in [5, 5.41) is 9.66. The average molecular weight is 183 g/mol. The number of nitrogens with zero attached hydrogens (tertiary/aromatic N) is 1. The largest absolute Gasteiger partial charge is 0.508 e. The zero-order valence-electron chi connectivity index (χ0n) is 7.87. The van der Waals surface area contributed by atoms with Crippen molar-refractivity contribution in [2.75, 3.05) is 11.7 Å². The molecule has 0 bridgehead atoms. The molecule has 0 spiro atoms. The zero-order valence-corrected chi connectivity index (χ0v) is 7.87. The molecular formula is C10H14FNO. The number of anilines is 1. The Morgan fingerprint density at radius 2 is 1.85 bits per heavy atom. The minimum Gasteiger partial charge on any atom is -0.508 e. The number of rotatable bonds is 3. The van der Waals surface area contributed by atoms with Crippen LogP contribution in [0.2, 0.25) is 0 Å². The second-order valence-corrected chi connectivity index (χ2v) is 3.45. The molecule has 3 heteroatoms. The summed E-state index contributed by atoms with van der Waals surface area (Å²) < 4.78 is 13.3. The van der Waals surface area contributed by atoms with E-state index in [1.165, 1.54) is 12.1 Å². The van der Waals surface area contributed by atoms with Crippen LogP contribution in [-0.2, 0) is 0 Å². The molecule has 1 aromatic carbocycles. The van der Waals surface area contributed by atoms with Gasteiger partial charge in [-0.05, 0) is 30.2 Å². The van der Waals surface area contributed by atoms with E-state index in [1.807, 2.05) is 13.8 Å². The van der Waals surface area contributed by atoms with Crippen LogP contribution in [0.4, 0.5) is 10.2 Å². The lowest BCUT2D eigenvalue weighted by Crippen LogP contribution is -2.17. The van der Waals surface area contributed by atoms with Crippen molar-refractivity contribution in [1.82, 2.24) is 0 Å². The van der Waals surface area contributed by atoms with Gasteiger partial charge in [0.25, 0.3) is 0 Å². The molecule has 72 valence electrons. The number of phenolic OH excluding ortho intramolecular Hbond substituents is 1. The van der Waals surface area contributed by atoms with Gasteiger partial charge in [-0.15, -0.1) is 0 Å². The lowest BCUT2D eigenvalue weighted by atomic mass is 10.2. The van der Waals surface area contributed by atoms with Gasteiger partial charge in [0.1, 0.15) is 5.75 Å². The van der Waals surface area contributed by atoms with E-state index in [1.54, 1.807) is 12.1 Å². The first kappa shape index (κ1) is 9.84. The van der Waals surface area contributed by atoms with Crippen LogP contribution in [0.1, 0.15) is 13.8 Å². The molecule has 0 saturated heterocycles. The SMILES string of the molecule is CC(C)CN(F)c1ccc(O)cc1. The Morgan fingerprint density at radius 3 is 2.31 bits per heavy atom. The number of hydrogen-bond acceptors (Lipinski definition) is 2. The monoisotopic (exact) mass is 183 g/mol. The van der Waals surface area contributed by atoms with E-state index >= 15 is 0 Å². The van der Waals surface area contributed by atoms with Gasteiger partial charge in [-0.3, -0.25) is 0 Å². The summed E-state index contributed by atoms with van der Waals surface area (Å²) in [6, 6.07) is 6.06. The number of halogens is 1. The van der Waals surface area contributed by atoms with E-state index in [9.17, 15) is 4.48 Å². The maximum Gasteiger partial charge on any atom is 0.115 e. The smallest absolute Gasteiger partial charge is 0.115 e. The van der Waals surface area contributed by atoms with Gasteiger partial charge in [0.2, 0.25) is 0 Å². The van der Waals surface area contributed by atoms with Crippen LogP contribution in [0.5, 0.6) is 5.75 Å². The van der Waals surface area contributed by atoms with Gasteiger partial charge in [-0.25, -0.2) is 5.12 Å². The molecule has 13 heavy (non-hydrogen) atoms. The summed E-state index contributed by atoms with van der Waals surface area (Å²) in [6.45, 7) is 4.27. The summed E-state index contributed by atoms with van der Waals surface area (Å²) in [5.41, 5.74) is 0.478. The van der Waals surface area contributed by atoms with Crippen LogP contribution in [0, 0.1) is 5.92 Å². The van der Waals surface area contributed by atoms with Crippen molar-refractivity contribution in [1.29, 1.82) is 0 Å². The number of benzene rings is 1. The van der Waals surface area contributed by atoms with Crippen LogP contribution in [0.25, 0.3) is 0 Å². The van der Waals surface area contributed by atoms with Crippen LogP contribution >= 0.6 is 0 Å². The standard InChI is InChI=1S/C10H14FNO/c1-8(2)7-12(11)9-3-5-10(13)6-4-9/h3-6,8,13H,7H2,1-2H3. The Kier molecular flexibility index (Phi) is 3.12. The third-order valence-corrected chi connectivity index (χ3v) is 1.66. The van der Waals surface area contributed by atoms with Gasteiger partial charge in [0.05, 0.1) is 12.2 Å². The van der Waals surface area contributed by atoms with E-state index in [0.29, 0.717) is 17.4 Å². The quantitative estimate of drug-likeness (QED) is 0.728. The number of hydrogen-bond donors (Lipinski definition) is 1. The molecular weight excluding hydrogens is 169 g/mol. The van der Waals surface area contributed by atoms with Crippen molar-refractivity contribution < 1.29 is 9.59 Å². The van der Waals surface area contributed by atoms with Gasteiger partial charge >= 0.3 is 0 Å². The molecule has 0 aliphatic carbocycles. The first-order valence-corrected chi connectivity index (χ1v) is 4.32. The second kappa shape index (κ2) is 4.12. The molecule has 2 nitrogen and oxygen atoms in total. The minimum atomic E-state index is 0.154. The topological polar surface area (TPSA) is 23.5 Å². The highest BCUT2D eigenvalue weighted by atomic mass is 19.2. The summed E-state index contributed by atoms with van der Waals surface area (Å²) in [4.78, 5) is 0. The van der Waals surface area contributed by atoms with E-state index in [-0.39, 0.29) is 11.7 Å². The molecule has 0 aliphatic rings. The van der Waals surface area contributed by atoms with Crippen LogP contribution in [-0.4, -0.2) is 11.7 Å². The molecule has 0 unspecified atom stereocenters. The maximum atomic E-state index is 13.3. The van der Waals surface area contributed by atoms with Crippen LogP contribution in [0.3, 0.4) is 0 Å². The summed E-state index contributed by atoms with van der Waals surface area (Å²) in [6.07, 6.45) is 0. The molecule has 0 amide bonds. The molecule has 0 saturated carbocycles. The molecule has 0 aromatic heterocycles. The van der Waals surface area contributed by atoms with Gasteiger partial charge < -0.3 is 5.11 Å². The van der Waals surface area contributed by atoms with Gasteiger partial charge in [-0.2, -0.15) is 0 Å². The molecule has 1 aromatic rings. The predicted molar refractivity (Wildman–Crippen MR) is 51.4 cm³/mol. The Labute approximate surface area is 77.5 Å². The fourth-order valence-corrected chi connectivity index (χ4v) is 1.04. The van der Waals surface area contributed by atoms with Crippen molar-refractivity contribution >= 4 is 5.69 Å². The van der Waals surface area contributed by atoms with Crippen molar-refractivity contribution in [3.8, 4) is 5.75 Å². The zero-order chi connectivity index (χ0) is 9.84. The Morgan fingerprint density at radius 1 is 1.31 bits per heavy atom. The fourth-order valence-electron chi connectivity index (χ4n) is 1.04. The Hall–Kier alpha value is -1.25. The summed E-state index contributed by atoms with van der Waals surface area (Å²) in [5.74, 6) is 0.431. The third kappa shape index (κ3) is 2.93. The van der Waals surface area contributed by atoms with E-state index in [4.69, 9.17) is 5.11 Å². The maximum absolute atomic E-state index is 13.3. The lowest BCUT2D eigenvalue weighted by molar-refractivity contribution is 0.398. The van der Waals surface area contributed by atoms with E-state index in [0.717, 1.165) is 0 Å². The summed E-state index contributed by atoms with van der Waals surface area (Å²) in [7, 11) is 0. The minimum absolute atomic E-state index is 0.154. The highest BCUT2D eigenvalue weighted by Crippen LogP contribution is 2.19. The van der Waals surface area contributed by atoms with Crippen LogP contribution < -0.4 is 5.12 Å². The highest BCUT2D eigenvalue weighted by Gasteiger charge is 2.06. The van der Waals surface area contributed by atoms with Crippen molar-refractivity contribution in [3.05, 3.63) is 24.3 Å². The van der Waals surface area contributed by atoms with Crippen molar-refractivity contribution in [2.45, 2.75) is 13.8 Å². The second-order valence-electron chi connectivity index (χ2n) is 3.45. The molecule has 0 heterocycles. The van der Waals surface area contributed by atoms with Crippen molar-refractivity contribution in [3.63, 3.8) is 0 Å². The summed E-state index contributed by atoms with van der Waals surface area (Å²) >= 11 is 0. The highest BCUT2D eigenvalue weighted by molar-refractivity contribution is 5.46. The Balaban J connectivity index is 2.66. The van der Waals surface area contributed by atoms with E-state index < -0.39 is 0 Å². The normalized spacial score (nSPS) is 10.5. The van der Waals surface area contributed by atoms with Gasteiger partial charge in [0, 0.05) is 0 Å². The van der Waals surface area contributed by atoms with Crippen LogP contribution in [0.15, 0.2) is 24.3 Å². The Bertz CT molecular complexity index is 258. The molecule has 1 N–H and O–H groups in total. The molecule has 0 atom stereocenters. The first-order chi connectivity index (χ1) is 6.09. The van der Waals surface area contributed by atoms with Gasteiger partial charge in [0.15, 0.2) is 0 Å². The van der Waals surface area contributed by atoms with Crippen molar-refractivity contribution in [2.24, 2.45) is 5.92 Å². The molecule has 1 rings (SSSR count). The average Bonchev–Trinajstić information content (AvgIpc) is 2.04. The molecule has 0 radical (unpaired) electrons. The fraction of sp³-hybridized carbons (Fsp3) is 0.400. The molecule has 0 fully saturated rings. The van der Waals surface area contributed by atoms with E-state index in [2.05, 4.69) is 0 Å².